The van der Waals surface area contributed by atoms with Crippen LogP contribution in [0.4, 0.5) is 4.79 Å². The van der Waals surface area contributed by atoms with Crippen LogP contribution in [0.25, 0.3) is 0 Å². The van der Waals surface area contributed by atoms with Gasteiger partial charge in [-0.2, -0.15) is 0 Å². The molecule has 0 radical (unpaired) electrons. The zero-order chi connectivity index (χ0) is 12.3. The van der Waals surface area contributed by atoms with Gasteiger partial charge in [0.1, 0.15) is 13.1 Å². The highest BCUT2D eigenvalue weighted by molar-refractivity contribution is 6.02. The number of carbonyl (C=O) groups excluding carboxylic acids is 4. The van der Waals surface area contributed by atoms with E-state index in [1.165, 1.54) is 6.92 Å². The van der Waals surface area contributed by atoms with E-state index in [0.717, 1.165) is 9.80 Å². The Bertz CT molecular complexity index is 354. The Morgan fingerprint density at radius 1 is 1.50 bits per heavy atom. The molecule has 0 bridgehead atoms. The highest BCUT2D eigenvalue weighted by atomic mass is 16.2. The summed E-state index contributed by atoms with van der Waals surface area (Å²) in [5, 5.41) is 2.06. The number of imide groups is 1. The first kappa shape index (κ1) is 12.0. The predicted molar refractivity (Wildman–Crippen MR) is 51.7 cm³/mol. The van der Waals surface area contributed by atoms with Crippen LogP contribution in [0, 0.1) is 0 Å². The molecule has 3 N–H and O–H groups in total. The summed E-state index contributed by atoms with van der Waals surface area (Å²) in [6, 6.07) is -0.583. The first-order valence-electron chi connectivity index (χ1n) is 4.52. The number of nitrogens with two attached hydrogens (primary N) is 1. The molecular weight excluding hydrogens is 216 g/mol. The number of amides is 5. The molecule has 1 saturated heterocycles. The molecule has 88 valence electrons. The van der Waals surface area contributed by atoms with Crippen LogP contribution >= 0.6 is 0 Å². The van der Waals surface area contributed by atoms with Gasteiger partial charge in [-0.1, -0.05) is 0 Å². The summed E-state index contributed by atoms with van der Waals surface area (Å²) in [4.78, 5) is 46.0. The van der Waals surface area contributed by atoms with Gasteiger partial charge in [-0.3, -0.25) is 24.6 Å². The molecular formula is C8H12N4O4. The molecule has 1 heterocycles. The Labute approximate surface area is 91.3 Å². The van der Waals surface area contributed by atoms with E-state index in [2.05, 4.69) is 5.32 Å². The third kappa shape index (κ3) is 2.94. The molecule has 0 aromatic rings. The van der Waals surface area contributed by atoms with Crippen molar-refractivity contribution in [2.75, 3.05) is 19.8 Å². The van der Waals surface area contributed by atoms with Crippen LogP contribution in [0.15, 0.2) is 0 Å². The largest absolute Gasteiger partial charge is 0.368 e. The van der Waals surface area contributed by atoms with Gasteiger partial charge in [0.25, 0.3) is 0 Å². The third-order valence-electron chi connectivity index (χ3n) is 2.00. The summed E-state index contributed by atoms with van der Waals surface area (Å²) in [6.07, 6.45) is 0. The second-order valence-corrected chi connectivity index (χ2v) is 3.38. The summed E-state index contributed by atoms with van der Waals surface area (Å²) >= 11 is 0. The lowest BCUT2D eigenvalue weighted by Gasteiger charge is -2.24. The number of nitrogens with zero attached hydrogens (tertiary/aromatic N) is 2. The van der Waals surface area contributed by atoms with E-state index >= 15 is 0 Å². The van der Waals surface area contributed by atoms with Crippen molar-refractivity contribution in [3.63, 3.8) is 0 Å². The quantitative estimate of drug-likeness (QED) is 0.533. The van der Waals surface area contributed by atoms with Crippen molar-refractivity contribution in [2.24, 2.45) is 5.73 Å². The second-order valence-electron chi connectivity index (χ2n) is 3.38. The van der Waals surface area contributed by atoms with Crippen LogP contribution in [0.1, 0.15) is 6.92 Å². The lowest BCUT2D eigenvalue weighted by atomic mass is 10.4. The van der Waals surface area contributed by atoms with Gasteiger partial charge in [0.15, 0.2) is 0 Å². The first-order valence-corrected chi connectivity index (χ1v) is 4.52. The average Bonchev–Trinajstić information content (AvgIpc) is 2.43. The summed E-state index contributed by atoms with van der Waals surface area (Å²) < 4.78 is 0. The average molecular weight is 228 g/mol. The van der Waals surface area contributed by atoms with Gasteiger partial charge in [0.05, 0.1) is 6.67 Å². The van der Waals surface area contributed by atoms with Gasteiger partial charge in [0.2, 0.25) is 17.7 Å². The topological polar surface area (TPSA) is 113 Å². The molecule has 0 aliphatic carbocycles. The molecule has 0 atom stereocenters. The second kappa shape index (κ2) is 4.60. The minimum atomic E-state index is -0.680. The monoisotopic (exact) mass is 228 g/mol. The van der Waals surface area contributed by atoms with Crippen LogP contribution in [0.3, 0.4) is 0 Å². The van der Waals surface area contributed by atoms with Crippen molar-refractivity contribution in [3.8, 4) is 0 Å². The van der Waals surface area contributed by atoms with Gasteiger partial charge >= 0.3 is 6.03 Å². The number of carbonyl (C=O) groups is 4. The zero-order valence-electron chi connectivity index (χ0n) is 8.73. The van der Waals surface area contributed by atoms with E-state index in [0.29, 0.717) is 0 Å². The van der Waals surface area contributed by atoms with E-state index in [1.54, 1.807) is 0 Å². The van der Waals surface area contributed by atoms with E-state index in [-0.39, 0.29) is 19.8 Å². The number of primary amides is 1. The Morgan fingerprint density at radius 3 is 2.50 bits per heavy atom. The number of urea groups is 1. The third-order valence-corrected chi connectivity index (χ3v) is 2.00. The highest BCUT2D eigenvalue weighted by Gasteiger charge is 2.29. The zero-order valence-corrected chi connectivity index (χ0v) is 8.73. The first-order chi connectivity index (χ1) is 7.40. The van der Waals surface area contributed by atoms with E-state index < -0.39 is 23.8 Å². The molecule has 1 rings (SSSR count). The maximum absolute atomic E-state index is 11.2. The van der Waals surface area contributed by atoms with Crippen molar-refractivity contribution in [2.45, 2.75) is 6.92 Å². The summed E-state index contributed by atoms with van der Waals surface area (Å²) in [5.41, 5.74) is 4.95. The van der Waals surface area contributed by atoms with E-state index in [4.69, 9.17) is 5.73 Å². The van der Waals surface area contributed by atoms with Crippen LogP contribution in [0.5, 0.6) is 0 Å². The lowest BCUT2D eigenvalue weighted by Crippen LogP contribution is -2.45. The maximum atomic E-state index is 11.2. The van der Waals surface area contributed by atoms with Gasteiger partial charge in [-0.25, -0.2) is 4.79 Å². The summed E-state index contributed by atoms with van der Waals surface area (Å²) in [6.45, 7) is 0.712. The SMILES string of the molecule is CC(=O)N(CC(N)=O)CN1CC(=O)NC1=O. The molecule has 0 saturated carbocycles. The van der Waals surface area contributed by atoms with Gasteiger partial charge in [0, 0.05) is 6.92 Å². The molecule has 5 amide bonds. The Kier molecular flexibility index (Phi) is 3.44. The summed E-state index contributed by atoms with van der Waals surface area (Å²) in [7, 11) is 0. The number of hydrogen-bond donors (Lipinski definition) is 2. The fourth-order valence-electron chi connectivity index (χ4n) is 1.25. The van der Waals surface area contributed by atoms with Crippen LogP contribution in [0.2, 0.25) is 0 Å². The van der Waals surface area contributed by atoms with Gasteiger partial charge in [-0.05, 0) is 0 Å². The number of rotatable bonds is 4. The lowest BCUT2D eigenvalue weighted by molar-refractivity contribution is -0.135. The smallest absolute Gasteiger partial charge is 0.325 e. The Morgan fingerprint density at radius 2 is 2.12 bits per heavy atom. The standard InChI is InChI=1S/C8H12N4O4/c1-5(13)11(2-6(9)14)4-12-3-7(15)10-8(12)16/h2-4H2,1H3,(H2,9,14)(H,10,15,16). The van der Waals surface area contributed by atoms with Crippen molar-refractivity contribution in [1.29, 1.82) is 0 Å². The van der Waals surface area contributed by atoms with E-state index in [1.807, 2.05) is 0 Å². The normalized spacial score (nSPS) is 14.9. The molecule has 8 nitrogen and oxygen atoms in total. The molecule has 1 fully saturated rings. The fourth-order valence-corrected chi connectivity index (χ4v) is 1.25. The Hall–Kier alpha value is -2.12. The predicted octanol–water partition coefficient (Wildman–Crippen LogP) is -2.17. The van der Waals surface area contributed by atoms with Crippen molar-refractivity contribution in [1.82, 2.24) is 15.1 Å². The minimum Gasteiger partial charge on any atom is -0.368 e. The van der Waals surface area contributed by atoms with Gasteiger partial charge in [-0.15, -0.1) is 0 Å². The molecule has 8 heteroatoms. The minimum absolute atomic E-state index is 0.124. The molecule has 1 aliphatic heterocycles. The van der Waals surface area contributed by atoms with E-state index in [9.17, 15) is 19.2 Å². The molecule has 0 aromatic carbocycles. The van der Waals surface area contributed by atoms with Crippen molar-refractivity contribution in [3.05, 3.63) is 0 Å². The van der Waals surface area contributed by atoms with Crippen LogP contribution < -0.4 is 11.1 Å². The van der Waals surface area contributed by atoms with Crippen molar-refractivity contribution < 1.29 is 19.2 Å². The van der Waals surface area contributed by atoms with Crippen molar-refractivity contribution >= 4 is 23.8 Å². The molecule has 16 heavy (non-hydrogen) atoms. The van der Waals surface area contributed by atoms with Crippen LogP contribution in [-0.4, -0.2) is 53.3 Å². The number of nitrogens with one attached hydrogen (secondary N) is 1. The summed E-state index contributed by atoms with van der Waals surface area (Å²) in [5.74, 6) is -1.51. The molecule has 0 aromatic heterocycles. The Balaban J connectivity index is 2.61. The fraction of sp³-hybridized carbons (Fsp3) is 0.500. The highest BCUT2D eigenvalue weighted by Crippen LogP contribution is 2.01. The number of hydrogen-bond acceptors (Lipinski definition) is 4. The molecule has 0 spiro atoms. The molecule has 1 aliphatic rings. The van der Waals surface area contributed by atoms with Crippen LogP contribution in [-0.2, 0) is 14.4 Å². The maximum Gasteiger partial charge on any atom is 0.325 e. The van der Waals surface area contributed by atoms with Gasteiger partial charge < -0.3 is 10.6 Å². The molecule has 0 unspecified atom stereocenters.